The molecule has 1 aromatic carbocycles. The molecule has 1 radical (unpaired) electrons. The van der Waals surface area contributed by atoms with E-state index in [0.29, 0.717) is 0 Å². The lowest BCUT2D eigenvalue weighted by atomic mass is 10.1. The first-order chi connectivity index (χ1) is 5.77. The van der Waals surface area contributed by atoms with Gasteiger partial charge in [-0.2, -0.15) is 0 Å². The van der Waals surface area contributed by atoms with E-state index in [2.05, 4.69) is 22.9 Å². The van der Waals surface area contributed by atoms with Gasteiger partial charge in [-0.25, -0.2) is 0 Å². The van der Waals surface area contributed by atoms with Crippen LogP contribution < -0.4 is 0 Å². The smallest absolute Gasteiger partial charge is 0.109 e. The van der Waals surface area contributed by atoms with Crippen molar-refractivity contribution in [1.29, 1.82) is 0 Å². The molecule has 1 aromatic rings. The molecule has 0 saturated carbocycles. The molecule has 1 rings (SSSR count). The van der Waals surface area contributed by atoms with Gasteiger partial charge in [0.25, 0.3) is 0 Å². The van der Waals surface area contributed by atoms with Crippen LogP contribution in [0.15, 0.2) is 22.7 Å². The van der Waals surface area contributed by atoms with Crippen molar-refractivity contribution in [3.05, 3.63) is 40.4 Å². The predicted octanol–water partition coefficient (Wildman–Crippen LogP) is 3.28. The van der Waals surface area contributed by atoms with E-state index in [4.69, 9.17) is 5.11 Å². The molecule has 0 aliphatic carbocycles. The normalized spacial score (nSPS) is 10.2. The Hall–Kier alpha value is -0.340. The number of hydrogen-bond donors (Lipinski definition) is 1. The molecule has 0 atom stereocenters. The Morgan fingerprint density at radius 2 is 2.25 bits per heavy atom. The third-order valence-corrected chi connectivity index (χ3v) is 2.48. The minimum atomic E-state index is 0.835. The molecule has 0 spiro atoms. The monoisotopic (exact) mass is 227 g/mol. The van der Waals surface area contributed by atoms with Gasteiger partial charge in [-0.1, -0.05) is 41.4 Å². The summed E-state index contributed by atoms with van der Waals surface area (Å²) in [5.74, 6) is 0. The Morgan fingerprint density at radius 1 is 1.50 bits per heavy atom. The molecular formula is C10H12BrO. The lowest BCUT2D eigenvalue weighted by Gasteiger charge is -2.03. The summed E-state index contributed by atoms with van der Waals surface area (Å²) >= 11 is 3.46. The third kappa shape index (κ3) is 2.32. The summed E-state index contributed by atoms with van der Waals surface area (Å²) in [6.45, 7) is 3.26. The Morgan fingerprint density at radius 3 is 2.75 bits per heavy atom. The Kier molecular flexibility index (Phi) is 3.76. The zero-order valence-electron chi connectivity index (χ0n) is 7.05. The number of aliphatic hydroxyl groups is 1. The molecule has 65 valence electrons. The number of rotatable bonds is 3. The van der Waals surface area contributed by atoms with Gasteiger partial charge < -0.3 is 5.11 Å². The second kappa shape index (κ2) is 4.63. The first-order valence-electron chi connectivity index (χ1n) is 4.03. The van der Waals surface area contributed by atoms with Gasteiger partial charge in [0.05, 0.1) is 0 Å². The molecule has 1 N–H and O–H groups in total. The minimum Gasteiger partial charge on any atom is -0.385 e. The van der Waals surface area contributed by atoms with Crippen LogP contribution in [0.3, 0.4) is 0 Å². The van der Waals surface area contributed by atoms with Gasteiger partial charge >= 0.3 is 0 Å². The molecule has 0 heterocycles. The maximum Gasteiger partial charge on any atom is 0.109 e. The van der Waals surface area contributed by atoms with Gasteiger partial charge in [0.1, 0.15) is 6.61 Å². The van der Waals surface area contributed by atoms with E-state index >= 15 is 0 Å². The zero-order valence-corrected chi connectivity index (χ0v) is 8.63. The van der Waals surface area contributed by atoms with Gasteiger partial charge in [0, 0.05) is 4.47 Å². The van der Waals surface area contributed by atoms with Crippen molar-refractivity contribution in [2.75, 3.05) is 0 Å². The first kappa shape index (κ1) is 9.75. The summed E-state index contributed by atoms with van der Waals surface area (Å²) in [7, 11) is 0. The molecule has 0 bridgehead atoms. The molecule has 0 saturated heterocycles. The first-order valence-corrected chi connectivity index (χ1v) is 4.83. The van der Waals surface area contributed by atoms with Crippen LogP contribution in [0.2, 0.25) is 0 Å². The standard InChI is InChI=1S/C10H12BrO/c1-2-3-9-5-4-8(7-12)6-10(9)11/h4-7,12H,2-3H2,1H3. The molecule has 12 heavy (non-hydrogen) atoms. The highest BCUT2D eigenvalue weighted by atomic mass is 79.9. The molecular weight excluding hydrogens is 216 g/mol. The fourth-order valence-electron chi connectivity index (χ4n) is 1.12. The van der Waals surface area contributed by atoms with Crippen molar-refractivity contribution >= 4 is 15.9 Å². The average molecular weight is 228 g/mol. The average Bonchev–Trinajstić information content (AvgIpc) is 2.09. The SMILES string of the molecule is CCCc1ccc([CH]O)cc1Br. The van der Waals surface area contributed by atoms with Gasteiger partial charge in [-0.15, -0.1) is 0 Å². The highest BCUT2D eigenvalue weighted by Crippen LogP contribution is 2.20. The summed E-state index contributed by atoms with van der Waals surface area (Å²) in [5, 5.41) is 8.74. The molecule has 0 aromatic heterocycles. The molecule has 0 aliphatic heterocycles. The van der Waals surface area contributed by atoms with Crippen molar-refractivity contribution in [3.8, 4) is 0 Å². The van der Waals surface area contributed by atoms with Crippen LogP contribution in [-0.4, -0.2) is 5.11 Å². The van der Waals surface area contributed by atoms with Gasteiger partial charge in [-0.3, -0.25) is 0 Å². The van der Waals surface area contributed by atoms with Crippen LogP contribution in [-0.2, 0) is 6.42 Å². The van der Waals surface area contributed by atoms with Crippen molar-refractivity contribution in [3.63, 3.8) is 0 Å². The number of hydrogen-bond acceptors (Lipinski definition) is 1. The molecule has 0 fully saturated rings. The number of aliphatic hydroxyl groups excluding tert-OH is 1. The maximum atomic E-state index is 8.74. The molecule has 2 heteroatoms. The Bertz CT molecular complexity index is 258. The maximum absolute atomic E-state index is 8.74. The zero-order chi connectivity index (χ0) is 8.97. The highest BCUT2D eigenvalue weighted by molar-refractivity contribution is 9.10. The third-order valence-electron chi connectivity index (χ3n) is 1.75. The van der Waals surface area contributed by atoms with E-state index in [1.807, 2.05) is 18.2 Å². The number of benzene rings is 1. The topological polar surface area (TPSA) is 20.2 Å². The number of aryl methyl sites for hydroxylation is 1. The van der Waals surface area contributed by atoms with Crippen molar-refractivity contribution in [1.82, 2.24) is 0 Å². The summed E-state index contributed by atoms with van der Waals surface area (Å²) in [4.78, 5) is 0. The van der Waals surface area contributed by atoms with Gasteiger partial charge in [-0.05, 0) is 23.6 Å². The second-order valence-electron chi connectivity index (χ2n) is 2.73. The summed E-state index contributed by atoms with van der Waals surface area (Å²) in [6.07, 6.45) is 2.22. The molecule has 0 unspecified atom stereocenters. The quantitative estimate of drug-likeness (QED) is 0.841. The van der Waals surface area contributed by atoms with Crippen LogP contribution >= 0.6 is 15.9 Å². The van der Waals surface area contributed by atoms with E-state index in [1.54, 1.807) is 0 Å². The van der Waals surface area contributed by atoms with Crippen LogP contribution in [0.5, 0.6) is 0 Å². The molecule has 0 aliphatic rings. The van der Waals surface area contributed by atoms with Crippen LogP contribution in [0.1, 0.15) is 24.5 Å². The van der Waals surface area contributed by atoms with Gasteiger partial charge in [0.2, 0.25) is 0 Å². The van der Waals surface area contributed by atoms with Crippen LogP contribution in [0.4, 0.5) is 0 Å². The summed E-state index contributed by atoms with van der Waals surface area (Å²) in [6, 6.07) is 5.87. The Balaban J connectivity index is 2.87. The van der Waals surface area contributed by atoms with Crippen molar-refractivity contribution < 1.29 is 5.11 Å². The molecule has 0 amide bonds. The van der Waals surface area contributed by atoms with E-state index < -0.39 is 0 Å². The highest BCUT2D eigenvalue weighted by Gasteiger charge is 1.99. The molecule has 1 nitrogen and oxygen atoms in total. The van der Waals surface area contributed by atoms with Crippen LogP contribution in [0.25, 0.3) is 0 Å². The van der Waals surface area contributed by atoms with Crippen LogP contribution in [0, 0.1) is 6.61 Å². The fraction of sp³-hybridized carbons (Fsp3) is 0.300. The fourth-order valence-corrected chi connectivity index (χ4v) is 1.71. The van der Waals surface area contributed by atoms with E-state index in [9.17, 15) is 0 Å². The lowest BCUT2D eigenvalue weighted by Crippen LogP contribution is -1.87. The van der Waals surface area contributed by atoms with E-state index in [-0.39, 0.29) is 0 Å². The summed E-state index contributed by atoms with van der Waals surface area (Å²) < 4.78 is 1.08. The van der Waals surface area contributed by atoms with Crippen molar-refractivity contribution in [2.45, 2.75) is 19.8 Å². The summed E-state index contributed by atoms with van der Waals surface area (Å²) in [5.41, 5.74) is 2.13. The van der Waals surface area contributed by atoms with E-state index in [1.165, 1.54) is 5.56 Å². The van der Waals surface area contributed by atoms with E-state index in [0.717, 1.165) is 29.5 Å². The second-order valence-corrected chi connectivity index (χ2v) is 3.58. The van der Waals surface area contributed by atoms with Crippen molar-refractivity contribution in [2.24, 2.45) is 0 Å². The number of halogens is 1. The predicted molar refractivity (Wildman–Crippen MR) is 53.5 cm³/mol. The Labute approximate surface area is 81.6 Å². The van der Waals surface area contributed by atoms with Gasteiger partial charge in [0.15, 0.2) is 0 Å². The minimum absolute atomic E-state index is 0.835. The lowest BCUT2D eigenvalue weighted by molar-refractivity contribution is 0.415. The largest absolute Gasteiger partial charge is 0.385 e.